The fraction of sp³-hybridized carbons (Fsp3) is 0.368. The molecule has 0 radical (unpaired) electrons. The second-order valence-corrected chi connectivity index (χ2v) is 7.58. The number of carbonyl (C=O) groups is 2. The van der Waals surface area contributed by atoms with Gasteiger partial charge in [-0.2, -0.15) is 0 Å². The first kappa shape index (κ1) is 15.5. The predicted octanol–water partition coefficient (Wildman–Crippen LogP) is 3.24. The van der Waals surface area contributed by atoms with E-state index in [0.717, 1.165) is 24.0 Å². The van der Waals surface area contributed by atoms with Gasteiger partial charge in [0.25, 0.3) is 5.91 Å². The van der Waals surface area contributed by atoms with E-state index < -0.39 is 0 Å². The van der Waals surface area contributed by atoms with E-state index in [1.54, 1.807) is 6.92 Å². The maximum absolute atomic E-state index is 12.5. The van der Waals surface area contributed by atoms with Gasteiger partial charge in [0.15, 0.2) is 5.78 Å². The SMILES string of the molecule is CC(=O)c1ccccc1-c1csc(C(=O)N[C@@H]2C[C@H]3CC[C@@H]2N3)c1. The number of hydrogen-bond acceptors (Lipinski definition) is 4. The van der Waals surface area contributed by atoms with Crippen molar-refractivity contribution in [2.45, 2.75) is 44.3 Å². The maximum Gasteiger partial charge on any atom is 0.261 e. The molecule has 1 aromatic heterocycles. The van der Waals surface area contributed by atoms with E-state index in [4.69, 9.17) is 0 Å². The molecule has 1 amide bonds. The molecule has 4 nitrogen and oxygen atoms in total. The van der Waals surface area contributed by atoms with Crippen LogP contribution in [0.1, 0.15) is 46.2 Å². The van der Waals surface area contributed by atoms with Crippen molar-refractivity contribution in [3.05, 3.63) is 46.2 Å². The number of fused-ring (bicyclic) bond motifs is 2. The molecule has 3 heterocycles. The van der Waals surface area contributed by atoms with Crippen LogP contribution in [0.4, 0.5) is 0 Å². The van der Waals surface area contributed by atoms with Gasteiger partial charge in [-0.15, -0.1) is 11.3 Å². The summed E-state index contributed by atoms with van der Waals surface area (Å²) >= 11 is 1.43. The highest BCUT2D eigenvalue weighted by molar-refractivity contribution is 7.12. The molecule has 3 atom stereocenters. The quantitative estimate of drug-likeness (QED) is 0.840. The first-order valence-electron chi connectivity index (χ1n) is 8.37. The number of nitrogens with one attached hydrogen (secondary N) is 2. The first-order valence-corrected chi connectivity index (χ1v) is 9.25. The molecular weight excluding hydrogens is 320 g/mol. The van der Waals surface area contributed by atoms with E-state index in [0.29, 0.717) is 22.5 Å². The van der Waals surface area contributed by atoms with E-state index in [2.05, 4.69) is 10.6 Å². The van der Waals surface area contributed by atoms with Crippen LogP contribution in [-0.4, -0.2) is 29.8 Å². The molecule has 4 rings (SSSR count). The topological polar surface area (TPSA) is 58.2 Å². The second kappa shape index (κ2) is 6.15. The van der Waals surface area contributed by atoms with Crippen LogP contribution in [0, 0.1) is 0 Å². The molecule has 5 heteroatoms. The molecule has 0 unspecified atom stereocenters. The summed E-state index contributed by atoms with van der Waals surface area (Å²) in [6, 6.07) is 10.7. The fourth-order valence-corrected chi connectivity index (χ4v) is 4.67. The molecule has 0 aliphatic carbocycles. The summed E-state index contributed by atoms with van der Waals surface area (Å²) in [6.45, 7) is 1.57. The Morgan fingerprint density at radius 2 is 2.08 bits per heavy atom. The van der Waals surface area contributed by atoms with Crippen LogP contribution < -0.4 is 10.6 Å². The predicted molar refractivity (Wildman–Crippen MR) is 95.6 cm³/mol. The molecule has 0 spiro atoms. The van der Waals surface area contributed by atoms with Crippen LogP contribution in [0.5, 0.6) is 0 Å². The summed E-state index contributed by atoms with van der Waals surface area (Å²) in [5, 5.41) is 8.66. The number of amides is 1. The van der Waals surface area contributed by atoms with Gasteiger partial charge in [-0.05, 0) is 48.8 Å². The smallest absolute Gasteiger partial charge is 0.261 e. The third kappa shape index (κ3) is 2.78. The first-order chi connectivity index (χ1) is 11.6. The molecule has 2 aliphatic rings. The normalized spacial score (nSPS) is 25.0. The Labute approximate surface area is 145 Å². The van der Waals surface area contributed by atoms with Gasteiger partial charge >= 0.3 is 0 Å². The Balaban J connectivity index is 1.53. The Hall–Kier alpha value is -1.98. The maximum atomic E-state index is 12.5. The fourth-order valence-electron chi connectivity index (χ4n) is 3.86. The highest BCUT2D eigenvalue weighted by Crippen LogP contribution is 2.31. The Morgan fingerprint density at radius 3 is 2.79 bits per heavy atom. The molecule has 2 fully saturated rings. The monoisotopic (exact) mass is 340 g/mol. The summed E-state index contributed by atoms with van der Waals surface area (Å²) in [6.07, 6.45) is 3.40. The van der Waals surface area contributed by atoms with Crippen molar-refractivity contribution in [3.63, 3.8) is 0 Å². The van der Waals surface area contributed by atoms with E-state index in [1.165, 1.54) is 17.8 Å². The highest BCUT2D eigenvalue weighted by atomic mass is 32.1. The number of carbonyl (C=O) groups excluding carboxylic acids is 2. The molecule has 2 aliphatic heterocycles. The van der Waals surface area contributed by atoms with Crippen LogP contribution in [0.2, 0.25) is 0 Å². The minimum atomic E-state index is -0.00842. The average molecular weight is 340 g/mol. The molecule has 1 aromatic carbocycles. The Bertz CT molecular complexity index is 798. The summed E-state index contributed by atoms with van der Waals surface area (Å²) in [4.78, 5) is 25.0. The molecule has 0 saturated carbocycles. The van der Waals surface area contributed by atoms with Gasteiger partial charge < -0.3 is 10.6 Å². The highest BCUT2D eigenvalue weighted by Gasteiger charge is 2.39. The summed E-state index contributed by atoms with van der Waals surface area (Å²) in [5.74, 6) is 0.0294. The van der Waals surface area contributed by atoms with Crippen LogP contribution in [0.3, 0.4) is 0 Å². The minimum absolute atomic E-state index is 0.00842. The number of rotatable bonds is 4. The van der Waals surface area contributed by atoms with Crippen molar-refractivity contribution in [2.75, 3.05) is 0 Å². The van der Waals surface area contributed by atoms with E-state index >= 15 is 0 Å². The lowest BCUT2D eigenvalue weighted by Gasteiger charge is -2.20. The molecule has 24 heavy (non-hydrogen) atoms. The molecule has 2 saturated heterocycles. The lowest BCUT2D eigenvalue weighted by Crippen LogP contribution is -2.42. The molecule has 2 aromatic rings. The van der Waals surface area contributed by atoms with Gasteiger partial charge in [-0.25, -0.2) is 0 Å². The van der Waals surface area contributed by atoms with Crippen LogP contribution in [0.25, 0.3) is 11.1 Å². The summed E-state index contributed by atoms with van der Waals surface area (Å²) in [7, 11) is 0. The number of benzene rings is 1. The minimum Gasteiger partial charge on any atom is -0.347 e. The zero-order valence-electron chi connectivity index (χ0n) is 13.5. The van der Waals surface area contributed by atoms with E-state index in [1.807, 2.05) is 35.7 Å². The van der Waals surface area contributed by atoms with Crippen LogP contribution >= 0.6 is 11.3 Å². The van der Waals surface area contributed by atoms with Crippen molar-refractivity contribution >= 4 is 23.0 Å². The van der Waals surface area contributed by atoms with Gasteiger partial charge in [-0.1, -0.05) is 24.3 Å². The second-order valence-electron chi connectivity index (χ2n) is 6.66. The molecule has 2 N–H and O–H groups in total. The van der Waals surface area contributed by atoms with E-state index in [9.17, 15) is 9.59 Å². The number of Topliss-reactive ketones (excluding diaryl/α,β-unsaturated/α-hetero) is 1. The van der Waals surface area contributed by atoms with Gasteiger partial charge in [0.05, 0.1) is 4.88 Å². The molecule has 124 valence electrons. The van der Waals surface area contributed by atoms with Crippen molar-refractivity contribution in [1.82, 2.24) is 10.6 Å². The van der Waals surface area contributed by atoms with Crippen molar-refractivity contribution < 1.29 is 9.59 Å². The zero-order valence-corrected chi connectivity index (χ0v) is 14.4. The summed E-state index contributed by atoms with van der Waals surface area (Å²) in [5.41, 5.74) is 2.52. The van der Waals surface area contributed by atoms with Gasteiger partial charge in [0.2, 0.25) is 0 Å². The third-order valence-electron chi connectivity index (χ3n) is 5.06. The number of ketones is 1. The van der Waals surface area contributed by atoms with Crippen molar-refractivity contribution in [1.29, 1.82) is 0 Å². The van der Waals surface area contributed by atoms with Gasteiger partial charge in [0, 0.05) is 23.7 Å². The standard InChI is InChI=1S/C19H20N2O2S/c1-11(22)14-4-2-3-5-15(14)12-8-18(24-10-12)19(23)21-17-9-13-6-7-16(17)20-13/h2-5,8,10,13,16-17,20H,6-7,9H2,1H3,(H,21,23)/t13-,16+,17-/m1/s1. The largest absolute Gasteiger partial charge is 0.347 e. The Morgan fingerprint density at radius 1 is 1.25 bits per heavy atom. The van der Waals surface area contributed by atoms with Gasteiger partial charge in [-0.3, -0.25) is 9.59 Å². The van der Waals surface area contributed by atoms with E-state index in [-0.39, 0.29) is 17.7 Å². The average Bonchev–Trinajstić information content (AvgIpc) is 3.31. The van der Waals surface area contributed by atoms with Crippen LogP contribution in [-0.2, 0) is 0 Å². The lowest BCUT2D eigenvalue weighted by molar-refractivity contribution is 0.0934. The molecule has 2 bridgehead atoms. The lowest BCUT2D eigenvalue weighted by atomic mass is 9.95. The third-order valence-corrected chi connectivity index (χ3v) is 5.99. The number of hydrogen-bond donors (Lipinski definition) is 2. The molecular formula is C19H20N2O2S. The number of thiophene rings is 1. The Kier molecular flexibility index (Phi) is 3.98. The zero-order chi connectivity index (χ0) is 16.7. The van der Waals surface area contributed by atoms with Crippen LogP contribution in [0.15, 0.2) is 35.7 Å². The van der Waals surface area contributed by atoms with Gasteiger partial charge in [0.1, 0.15) is 0 Å². The van der Waals surface area contributed by atoms with Crippen molar-refractivity contribution in [2.24, 2.45) is 0 Å². The van der Waals surface area contributed by atoms with Crippen molar-refractivity contribution in [3.8, 4) is 11.1 Å². The summed E-state index contributed by atoms with van der Waals surface area (Å²) < 4.78 is 0.